The van der Waals surface area contributed by atoms with E-state index in [1.165, 1.54) is 38.8 Å². The summed E-state index contributed by atoms with van der Waals surface area (Å²) in [4.78, 5) is 2.89. The van der Waals surface area contributed by atoms with Crippen molar-refractivity contribution in [3.8, 4) is 0 Å². The van der Waals surface area contributed by atoms with Crippen molar-refractivity contribution in [2.75, 3.05) is 33.3 Å². The summed E-state index contributed by atoms with van der Waals surface area (Å²) in [5.74, 6) is 0. The highest BCUT2D eigenvalue weighted by Gasteiger charge is 2.31. The first-order valence-electron chi connectivity index (χ1n) is 11.7. The van der Waals surface area contributed by atoms with E-state index < -0.39 is 10.0 Å². The van der Waals surface area contributed by atoms with Crippen LogP contribution in [0, 0.1) is 0 Å². The molecule has 0 N–H and O–H groups in total. The molecule has 0 atom stereocenters. The van der Waals surface area contributed by atoms with E-state index in [0.717, 1.165) is 49.7 Å². The lowest BCUT2D eigenvalue weighted by molar-refractivity contribution is 0.0156. The summed E-state index contributed by atoms with van der Waals surface area (Å²) in [5.41, 5.74) is 0. The van der Waals surface area contributed by atoms with Gasteiger partial charge in [-0.15, -0.1) is 0 Å². The normalized spacial score (nSPS) is 22.8. The third-order valence-corrected chi connectivity index (χ3v) is 8.97. The van der Waals surface area contributed by atoms with Crippen LogP contribution in [0.3, 0.4) is 0 Å². The molecule has 7 heteroatoms. The van der Waals surface area contributed by atoms with Crippen LogP contribution < -0.4 is 0 Å². The molecule has 1 fully saturated rings. The van der Waals surface area contributed by atoms with Crippen LogP contribution in [0.1, 0.15) is 57.8 Å². The highest BCUT2D eigenvalue weighted by molar-refractivity contribution is 9.10. The summed E-state index contributed by atoms with van der Waals surface area (Å²) < 4.78 is 34.3. The Balaban J connectivity index is 1.29. The van der Waals surface area contributed by atoms with Gasteiger partial charge in [0.25, 0.3) is 0 Å². The van der Waals surface area contributed by atoms with Crippen molar-refractivity contribution in [2.24, 2.45) is 0 Å². The maximum Gasteiger partial charge on any atom is 0.243 e. The molecule has 1 aromatic carbocycles. The van der Waals surface area contributed by atoms with Crippen molar-refractivity contribution in [3.63, 3.8) is 0 Å². The fourth-order valence-electron chi connectivity index (χ4n) is 4.48. The summed E-state index contributed by atoms with van der Waals surface area (Å²) in [6, 6.07) is 6.92. The second kappa shape index (κ2) is 12.5. The van der Waals surface area contributed by atoms with Crippen LogP contribution in [-0.2, 0) is 14.8 Å². The van der Waals surface area contributed by atoms with Crippen LogP contribution in [-0.4, -0.2) is 63.1 Å². The molecule has 0 spiro atoms. The molecule has 174 valence electrons. The smallest absolute Gasteiger partial charge is 0.243 e. The average Bonchev–Trinajstić information content (AvgIpc) is 2.79. The summed E-state index contributed by atoms with van der Waals surface area (Å²) in [7, 11) is -1.73. The summed E-state index contributed by atoms with van der Waals surface area (Å²) in [6.45, 7) is 4.37. The van der Waals surface area contributed by atoms with Crippen LogP contribution in [0.25, 0.3) is 0 Å². The lowest BCUT2D eigenvalue weighted by Gasteiger charge is -2.34. The topological polar surface area (TPSA) is 49.9 Å². The number of ether oxygens (including phenoxy) is 1. The number of benzene rings is 1. The molecule has 5 nitrogen and oxygen atoms in total. The minimum Gasteiger partial charge on any atom is -0.378 e. The van der Waals surface area contributed by atoms with E-state index in [1.54, 1.807) is 35.6 Å². The van der Waals surface area contributed by atoms with Crippen molar-refractivity contribution in [3.05, 3.63) is 40.9 Å². The Morgan fingerprint density at radius 2 is 1.74 bits per heavy atom. The van der Waals surface area contributed by atoms with E-state index in [4.69, 9.17) is 4.74 Å². The standard InChI is InChI=1S/C24H37BrN2O3S/c1-26(31(28,29)24-15-9-21(25)10-16-24)22-11-13-23(14-12-22)30-20-8-3-2-5-17-27-18-6-4-7-19-27/h4,6,9-10,15-16,22-23H,2-3,5,7-8,11-14,17-20H2,1H3/t22-,23-. The van der Waals surface area contributed by atoms with E-state index in [1.807, 2.05) is 0 Å². The summed E-state index contributed by atoms with van der Waals surface area (Å²) in [6.07, 6.45) is 14.5. The minimum absolute atomic E-state index is 0.0538. The largest absolute Gasteiger partial charge is 0.378 e. The molecule has 1 heterocycles. The molecule has 1 aromatic rings. The predicted molar refractivity (Wildman–Crippen MR) is 130 cm³/mol. The van der Waals surface area contributed by atoms with Gasteiger partial charge in [0.1, 0.15) is 0 Å². The van der Waals surface area contributed by atoms with Crippen molar-refractivity contribution >= 4 is 26.0 Å². The molecule has 0 unspecified atom stereocenters. The average molecular weight is 514 g/mol. The van der Waals surface area contributed by atoms with Crippen molar-refractivity contribution < 1.29 is 13.2 Å². The predicted octanol–water partition coefficient (Wildman–Crippen LogP) is 5.22. The molecule has 1 aliphatic carbocycles. The van der Waals surface area contributed by atoms with Gasteiger partial charge in [-0.1, -0.05) is 40.9 Å². The van der Waals surface area contributed by atoms with Gasteiger partial charge in [-0.2, -0.15) is 4.31 Å². The first-order chi connectivity index (χ1) is 15.0. The van der Waals surface area contributed by atoms with Crippen molar-refractivity contribution in [1.29, 1.82) is 0 Å². The van der Waals surface area contributed by atoms with E-state index in [2.05, 4.69) is 33.0 Å². The molecule has 2 aliphatic rings. The zero-order chi connectivity index (χ0) is 22.1. The number of unbranched alkanes of at least 4 members (excludes halogenated alkanes) is 3. The maximum atomic E-state index is 12.9. The molecule has 0 saturated heterocycles. The zero-order valence-electron chi connectivity index (χ0n) is 18.7. The quantitative estimate of drug-likeness (QED) is 0.301. The lowest BCUT2D eigenvalue weighted by atomic mass is 9.93. The Kier molecular flexibility index (Phi) is 10.0. The maximum absolute atomic E-state index is 12.9. The second-order valence-electron chi connectivity index (χ2n) is 8.75. The summed E-state index contributed by atoms with van der Waals surface area (Å²) >= 11 is 3.36. The van der Waals surface area contributed by atoms with Gasteiger partial charge in [0.05, 0.1) is 11.0 Å². The molecule has 0 aromatic heterocycles. The van der Waals surface area contributed by atoms with Crippen LogP contribution in [0.4, 0.5) is 0 Å². The Labute approximate surface area is 197 Å². The number of nitrogens with zero attached hydrogens (tertiary/aromatic N) is 2. The Bertz CT molecular complexity index is 790. The van der Waals surface area contributed by atoms with Crippen LogP contribution in [0.15, 0.2) is 45.8 Å². The van der Waals surface area contributed by atoms with Gasteiger partial charge in [-0.25, -0.2) is 8.42 Å². The van der Waals surface area contributed by atoms with E-state index in [9.17, 15) is 8.42 Å². The molecule has 31 heavy (non-hydrogen) atoms. The summed E-state index contributed by atoms with van der Waals surface area (Å²) in [5, 5.41) is 0. The van der Waals surface area contributed by atoms with E-state index >= 15 is 0 Å². The monoisotopic (exact) mass is 512 g/mol. The highest BCUT2D eigenvalue weighted by Crippen LogP contribution is 2.28. The first-order valence-corrected chi connectivity index (χ1v) is 13.9. The molecule has 3 rings (SSSR count). The lowest BCUT2D eigenvalue weighted by Crippen LogP contribution is -2.40. The number of rotatable bonds is 11. The van der Waals surface area contributed by atoms with Crippen LogP contribution >= 0.6 is 15.9 Å². The van der Waals surface area contributed by atoms with E-state index in [-0.39, 0.29) is 12.1 Å². The molecule has 0 bridgehead atoms. The van der Waals surface area contributed by atoms with Gasteiger partial charge in [0.2, 0.25) is 10.0 Å². The molecule has 1 saturated carbocycles. The first kappa shape index (κ1) is 24.9. The number of sulfonamides is 1. The highest BCUT2D eigenvalue weighted by atomic mass is 79.9. The van der Waals surface area contributed by atoms with Crippen molar-refractivity contribution in [1.82, 2.24) is 9.21 Å². The second-order valence-corrected chi connectivity index (χ2v) is 11.7. The molecular formula is C24H37BrN2O3S. The van der Waals surface area contributed by atoms with Crippen molar-refractivity contribution in [2.45, 2.75) is 74.8 Å². The molecule has 0 radical (unpaired) electrons. The fourth-order valence-corrected chi connectivity index (χ4v) is 6.16. The number of hydrogen-bond acceptors (Lipinski definition) is 4. The molecule has 0 amide bonds. The van der Waals surface area contributed by atoms with Gasteiger partial charge in [0.15, 0.2) is 0 Å². The van der Waals surface area contributed by atoms with Gasteiger partial charge in [0, 0.05) is 37.3 Å². The third-order valence-electron chi connectivity index (χ3n) is 6.51. The van der Waals surface area contributed by atoms with E-state index in [0.29, 0.717) is 4.90 Å². The van der Waals surface area contributed by atoms with Gasteiger partial charge in [-0.05, 0) is 75.8 Å². The fraction of sp³-hybridized carbons (Fsp3) is 0.667. The Hall–Kier alpha value is -0.730. The van der Waals surface area contributed by atoms with Crippen LogP contribution in [0.5, 0.6) is 0 Å². The zero-order valence-corrected chi connectivity index (χ0v) is 21.1. The molecular weight excluding hydrogens is 476 g/mol. The number of hydrogen-bond donors (Lipinski definition) is 0. The Morgan fingerprint density at radius 3 is 2.42 bits per heavy atom. The minimum atomic E-state index is -3.45. The SMILES string of the molecule is CN([C@H]1CC[C@H](OCCCCCCN2CC=CCC2)CC1)S(=O)(=O)c1ccc(Br)cc1. The van der Waals surface area contributed by atoms with Crippen LogP contribution in [0.2, 0.25) is 0 Å². The molecule has 1 aliphatic heterocycles. The number of halogens is 1. The van der Waals surface area contributed by atoms with Gasteiger partial charge in [-0.3, -0.25) is 4.90 Å². The van der Waals surface area contributed by atoms with Gasteiger partial charge >= 0.3 is 0 Å². The van der Waals surface area contributed by atoms with Gasteiger partial charge < -0.3 is 4.74 Å². The Morgan fingerprint density at radius 1 is 1.03 bits per heavy atom. The third kappa shape index (κ3) is 7.67.